The summed E-state index contributed by atoms with van der Waals surface area (Å²) in [4.78, 5) is 28.1. The molecule has 4 aliphatic rings. The van der Waals surface area contributed by atoms with Crippen molar-refractivity contribution < 1.29 is 9.59 Å². The first-order valence-electron chi connectivity index (χ1n) is 12.4. The minimum Gasteiger partial charge on any atom is -0.396 e. The van der Waals surface area contributed by atoms with E-state index in [4.69, 9.17) is 5.73 Å². The highest BCUT2D eigenvalue weighted by atomic mass is 16.2. The standard InChI is InChI=1S/C26H42N2O2/c1-15(2)28(16(3)4)24(30)21-10-9-18-17-7-8-20-23(27)22(29)12-14-25(20,5)19(17)11-13-26(18,21)6/h15-19,21H,7-14,27H2,1-6H3/t17-,18-,19-,21+,25+,26-/m0/s1. The van der Waals surface area contributed by atoms with Crippen LogP contribution in [0.15, 0.2) is 11.3 Å². The maximum atomic E-state index is 13.7. The van der Waals surface area contributed by atoms with Crippen LogP contribution >= 0.6 is 0 Å². The number of carbonyl (C=O) groups is 2. The Bertz CT molecular complexity index is 761. The zero-order chi connectivity index (χ0) is 22.0. The van der Waals surface area contributed by atoms with Crippen LogP contribution in [-0.4, -0.2) is 28.7 Å². The van der Waals surface area contributed by atoms with Gasteiger partial charge in [-0.1, -0.05) is 13.8 Å². The van der Waals surface area contributed by atoms with Gasteiger partial charge in [-0.25, -0.2) is 0 Å². The van der Waals surface area contributed by atoms with Crippen molar-refractivity contribution in [3.8, 4) is 0 Å². The van der Waals surface area contributed by atoms with Crippen molar-refractivity contribution >= 4 is 11.7 Å². The van der Waals surface area contributed by atoms with Crippen molar-refractivity contribution in [3.05, 3.63) is 11.3 Å². The first-order chi connectivity index (χ1) is 14.0. The Morgan fingerprint density at radius 1 is 0.967 bits per heavy atom. The average Bonchev–Trinajstić information content (AvgIpc) is 3.01. The lowest BCUT2D eigenvalue weighted by atomic mass is 9.46. The first-order valence-corrected chi connectivity index (χ1v) is 12.4. The number of rotatable bonds is 3. The van der Waals surface area contributed by atoms with E-state index in [-0.39, 0.29) is 34.6 Å². The molecule has 0 saturated heterocycles. The molecule has 3 saturated carbocycles. The van der Waals surface area contributed by atoms with Crippen LogP contribution in [0.2, 0.25) is 0 Å². The van der Waals surface area contributed by atoms with E-state index < -0.39 is 0 Å². The molecule has 3 fully saturated rings. The summed E-state index contributed by atoms with van der Waals surface area (Å²) in [6.07, 6.45) is 8.22. The molecule has 0 radical (unpaired) electrons. The molecule has 0 heterocycles. The number of allylic oxidation sites excluding steroid dienone is 1. The zero-order valence-electron chi connectivity index (χ0n) is 20.0. The molecule has 0 aliphatic heterocycles. The number of nitrogens with two attached hydrogens (primary N) is 1. The number of fused-ring (bicyclic) bond motifs is 5. The molecule has 0 aromatic carbocycles. The molecule has 4 nitrogen and oxygen atoms in total. The smallest absolute Gasteiger partial charge is 0.226 e. The molecule has 0 unspecified atom stereocenters. The normalized spacial score (nSPS) is 41.0. The third kappa shape index (κ3) is 2.99. The van der Waals surface area contributed by atoms with Gasteiger partial charge in [-0.15, -0.1) is 0 Å². The summed E-state index contributed by atoms with van der Waals surface area (Å²) in [6, 6.07) is 0.501. The van der Waals surface area contributed by atoms with E-state index in [1.165, 1.54) is 18.4 Å². The highest BCUT2D eigenvalue weighted by molar-refractivity contribution is 5.96. The van der Waals surface area contributed by atoms with E-state index in [1.54, 1.807) is 0 Å². The quantitative estimate of drug-likeness (QED) is 0.701. The summed E-state index contributed by atoms with van der Waals surface area (Å²) in [7, 11) is 0. The van der Waals surface area contributed by atoms with Crippen LogP contribution < -0.4 is 5.73 Å². The molecule has 0 aromatic heterocycles. The Morgan fingerprint density at radius 2 is 1.63 bits per heavy atom. The lowest BCUT2D eigenvalue weighted by molar-refractivity contribution is -0.146. The SMILES string of the molecule is CC(C)N(C(=O)[C@H]1CC[C@H]2[C@@H]3CCC4=C(N)C(=O)CC[C@]4(C)[C@H]3CC[C@]12C)C(C)C. The van der Waals surface area contributed by atoms with Crippen LogP contribution in [0.25, 0.3) is 0 Å². The Balaban J connectivity index is 1.62. The molecule has 168 valence electrons. The number of carbonyl (C=O) groups excluding carboxylic acids is 2. The minimum absolute atomic E-state index is 0.0895. The summed E-state index contributed by atoms with van der Waals surface area (Å²) in [5, 5.41) is 0. The molecule has 0 bridgehead atoms. The molecule has 2 N–H and O–H groups in total. The van der Waals surface area contributed by atoms with Crippen molar-refractivity contribution in [3.63, 3.8) is 0 Å². The fourth-order valence-corrected chi connectivity index (χ4v) is 8.45. The highest BCUT2D eigenvalue weighted by Gasteiger charge is 2.61. The van der Waals surface area contributed by atoms with Gasteiger partial charge in [0.15, 0.2) is 5.78 Å². The predicted octanol–water partition coefficient (Wildman–Crippen LogP) is 5.07. The number of hydrogen-bond donors (Lipinski definition) is 1. The van der Waals surface area contributed by atoms with Gasteiger partial charge in [0.1, 0.15) is 0 Å². The van der Waals surface area contributed by atoms with Crippen LogP contribution in [0.1, 0.15) is 92.9 Å². The first kappa shape index (κ1) is 21.9. The fourth-order valence-electron chi connectivity index (χ4n) is 8.45. The second-order valence-electron chi connectivity index (χ2n) is 11.8. The molecule has 6 atom stereocenters. The van der Waals surface area contributed by atoms with Gasteiger partial charge < -0.3 is 10.6 Å². The average molecular weight is 415 g/mol. The third-order valence-corrected chi connectivity index (χ3v) is 9.83. The number of Topliss-reactive ketones (excluding diaryl/α,β-unsaturated/α-hetero) is 1. The Kier molecular flexibility index (Phi) is 5.38. The van der Waals surface area contributed by atoms with Gasteiger partial charge in [0.05, 0.1) is 5.70 Å². The van der Waals surface area contributed by atoms with Crippen LogP contribution in [0.4, 0.5) is 0 Å². The summed E-state index contributed by atoms with van der Waals surface area (Å²) < 4.78 is 0. The predicted molar refractivity (Wildman–Crippen MR) is 120 cm³/mol. The van der Waals surface area contributed by atoms with Gasteiger partial charge in [-0.3, -0.25) is 9.59 Å². The summed E-state index contributed by atoms with van der Waals surface area (Å²) in [5.41, 5.74) is 8.36. The highest BCUT2D eigenvalue weighted by Crippen LogP contribution is 2.67. The molecule has 4 aliphatic carbocycles. The maximum Gasteiger partial charge on any atom is 0.226 e. The van der Waals surface area contributed by atoms with Gasteiger partial charge in [-0.05, 0) is 107 Å². The molecule has 4 heteroatoms. The van der Waals surface area contributed by atoms with Crippen molar-refractivity contribution in [2.45, 2.75) is 105 Å². The largest absolute Gasteiger partial charge is 0.396 e. The Labute approximate surface area is 183 Å². The van der Waals surface area contributed by atoms with Gasteiger partial charge in [0, 0.05) is 24.4 Å². The van der Waals surface area contributed by atoms with E-state index in [1.807, 2.05) is 0 Å². The fraction of sp³-hybridized carbons (Fsp3) is 0.846. The lowest BCUT2D eigenvalue weighted by Gasteiger charge is -2.58. The topological polar surface area (TPSA) is 63.4 Å². The Morgan fingerprint density at radius 3 is 2.27 bits per heavy atom. The summed E-state index contributed by atoms with van der Waals surface area (Å²) in [6.45, 7) is 13.4. The number of nitrogens with zero attached hydrogens (tertiary/aromatic N) is 1. The van der Waals surface area contributed by atoms with E-state index in [9.17, 15) is 9.59 Å². The molecular weight excluding hydrogens is 372 g/mol. The summed E-state index contributed by atoms with van der Waals surface area (Å²) >= 11 is 0. The van der Waals surface area contributed by atoms with Crippen LogP contribution in [0.3, 0.4) is 0 Å². The molecule has 0 spiro atoms. The molecule has 4 rings (SSSR count). The van der Waals surface area contributed by atoms with Crippen molar-refractivity contribution in [2.24, 2.45) is 40.2 Å². The van der Waals surface area contributed by atoms with Gasteiger partial charge in [0.2, 0.25) is 5.91 Å². The van der Waals surface area contributed by atoms with Crippen molar-refractivity contribution in [2.75, 3.05) is 0 Å². The Hall–Kier alpha value is -1.32. The van der Waals surface area contributed by atoms with Crippen molar-refractivity contribution in [1.82, 2.24) is 4.90 Å². The van der Waals surface area contributed by atoms with Crippen LogP contribution in [-0.2, 0) is 9.59 Å². The third-order valence-electron chi connectivity index (χ3n) is 9.83. The van der Waals surface area contributed by atoms with Gasteiger partial charge >= 0.3 is 0 Å². The molecular formula is C26H42N2O2. The second kappa shape index (κ2) is 7.38. The number of ketones is 1. The lowest BCUT2D eigenvalue weighted by Crippen LogP contribution is -2.54. The van der Waals surface area contributed by atoms with E-state index in [0.29, 0.717) is 35.8 Å². The second-order valence-corrected chi connectivity index (χ2v) is 11.8. The van der Waals surface area contributed by atoms with E-state index in [2.05, 4.69) is 46.4 Å². The molecule has 30 heavy (non-hydrogen) atoms. The van der Waals surface area contributed by atoms with Crippen LogP contribution in [0.5, 0.6) is 0 Å². The van der Waals surface area contributed by atoms with E-state index in [0.717, 1.165) is 32.1 Å². The zero-order valence-corrected chi connectivity index (χ0v) is 20.0. The molecule has 1 amide bonds. The van der Waals surface area contributed by atoms with Gasteiger partial charge in [0.25, 0.3) is 0 Å². The monoisotopic (exact) mass is 414 g/mol. The van der Waals surface area contributed by atoms with Crippen molar-refractivity contribution in [1.29, 1.82) is 0 Å². The number of hydrogen-bond acceptors (Lipinski definition) is 3. The molecule has 0 aromatic rings. The van der Waals surface area contributed by atoms with Crippen LogP contribution in [0, 0.1) is 34.5 Å². The number of amides is 1. The minimum atomic E-state index is 0.0895. The maximum absolute atomic E-state index is 13.7. The van der Waals surface area contributed by atoms with E-state index >= 15 is 0 Å². The summed E-state index contributed by atoms with van der Waals surface area (Å²) in [5.74, 6) is 2.63. The van der Waals surface area contributed by atoms with Gasteiger partial charge in [-0.2, -0.15) is 0 Å².